The van der Waals surface area contributed by atoms with E-state index in [1.54, 1.807) is 0 Å². The molecule has 0 aromatic heterocycles. The lowest BCUT2D eigenvalue weighted by molar-refractivity contribution is -0.141. The van der Waals surface area contributed by atoms with Gasteiger partial charge in [-0.05, 0) is 93.3 Å². The van der Waals surface area contributed by atoms with E-state index >= 15 is 0 Å². The number of esters is 1. The lowest BCUT2D eigenvalue weighted by Crippen LogP contribution is -2.67. The van der Waals surface area contributed by atoms with Gasteiger partial charge in [-0.3, -0.25) is 0 Å². The summed E-state index contributed by atoms with van der Waals surface area (Å²) in [7, 11) is -8.29. The smallest absolute Gasteiger partial charge is 0.330 e. The van der Waals surface area contributed by atoms with Crippen molar-refractivity contribution >= 4 is 39.0 Å². The van der Waals surface area contributed by atoms with Crippen molar-refractivity contribution in [1.29, 1.82) is 0 Å². The van der Waals surface area contributed by atoms with Gasteiger partial charge in [0, 0.05) is 22.9 Å². The monoisotopic (exact) mass is 650 g/mol. The maximum absolute atomic E-state index is 11.3. The van der Waals surface area contributed by atoms with Crippen LogP contribution in [-0.4, -0.2) is 86.1 Å². The Morgan fingerprint density at radius 2 is 1.32 bits per heavy atom. The van der Waals surface area contributed by atoms with Crippen molar-refractivity contribution in [3.63, 3.8) is 0 Å². The Hall–Kier alpha value is -0.122. The van der Waals surface area contributed by atoms with Crippen LogP contribution in [0.5, 0.6) is 0 Å². The van der Waals surface area contributed by atoms with Gasteiger partial charge in [0.15, 0.2) is 16.6 Å². The highest BCUT2D eigenvalue weighted by atomic mass is 28.4. The molecule has 244 valence electrons. The van der Waals surface area contributed by atoms with Crippen molar-refractivity contribution in [3.8, 4) is 0 Å². The topological polar surface area (TPSA) is 83.5 Å². The molecule has 0 saturated carbocycles. The first kappa shape index (κ1) is 40.9. The van der Waals surface area contributed by atoms with Crippen LogP contribution in [0.15, 0.2) is 12.7 Å². The van der Waals surface area contributed by atoms with Crippen LogP contribution in [0.25, 0.3) is 0 Å². The van der Waals surface area contributed by atoms with E-state index in [9.17, 15) is 9.90 Å². The predicted molar refractivity (Wildman–Crippen MR) is 183 cm³/mol. The van der Waals surface area contributed by atoms with Gasteiger partial charge >= 0.3 is 5.97 Å². The van der Waals surface area contributed by atoms with Crippen LogP contribution in [0.3, 0.4) is 0 Å². The van der Waals surface area contributed by atoms with Gasteiger partial charge in [0.1, 0.15) is 12.7 Å². The van der Waals surface area contributed by atoms with Crippen molar-refractivity contribution in [2.75, 3.05) is 19.8 Å². The van der Waals surface area contributed by atoms with E-state index in [0.29, 0.717) is 6.61 Å². The number of carbonyl (C=O) groups is 1. The van der Waals surface area contributed by atoms with E-state index in [-0.39, 0.29) is 28.7 Å². The zero-order valence-corrected chi connectivity index (χ0v) is 33.8. The Labute approximate surface area is 257 Å². The molecule has 11 heteroatoms. The molecule has 2 unspecified atom stereocenters. The van der Waals surface area contributed by atoms with Gasteiger partial charge in [0.05, 0.1) is 25.5 Å². The fourth-order valence-corrected chi connectivity index (χ4v) is 16.1. The number of ether oxygens (including phenoxy) is 2. The van der Waals surface area contributed by atoms with Crippen molar-refractivity contribution in [1.82, 2.24) is 0 Å². The van der Waals surface area contributed by atoms with E-state index < -0.39 is 50.7 Å². The maximum atomic E-state index is 11.3. The summed E-state index contributed by atoms with van der Waals surface area (Å²) in [5.41, 5.74) is -0.467. The zero-order chi connectivity index (χ0) is 32.9. The molecule has 0 spiro atoms. The fourth-order valence-electron chi connectivity index (χ4n) is 4.64. The summed E-state index contributed by atoms with van der Waals surface area (Å²) in [6.07, 6.45) is 1.01. The van der Waals surface area contributed by atoms with Crippen LogP contribution < -0.4 is 0 Å². The molecule has 0 amide bonds. The number of aliphatic hydroxyl groups excluding tert-OH is 1. The predicted octanol–water partition coefficient (Wildman–Crippen LogP) is 7.68. The van der Waals surface area contributed by atoms with Gasteiger partial charge in [0.25, 0.3) is 0 Å². The lowest BCUT2D eigenvalue weighted by atomic mass is 9.93. The van der Waals surface area contributed by atoms with Crippen LogP contribution in [0.2, 0.25) is 70.0 Å². The van der Waals surface area contributed by atoms with Gasteiger partial charge in [0.2, 0.25) is 8.32 Å². The van der Waals surface area contributed by atoms with Gasteiger partial charge in [-0.25, -0.2) is 4.79 Å². The normalized spacial score (nSPS) is 16.7. The highest BCUT2D eigenvalue weighted by Crippen LogP contribution is 2.54. The fraction of sp³-hybridized carbons (Fsp3) is 0.900. The number of hydrogen-bond donors (Lipinski definition) is 1. The minimum atomic E-state index is -2.50. The van der Waals surface area contributed by atoms with Gasteiger partial charge in [-0.15, -0.1) is 0 Å². The zero-order valence-electron chi connectivity index (χ0n) is 29.8. The van der Waals surface area contributed by atoms with Crippen molar-refractivity contribution < 1.29 is 32.7 Å². The third kappa shape index (κ3) is 11.7. The molecule has 1 N–H and O–H groups in total. The van der Waals surface area contributed by atoms with E-state index in [4.69, 9.17) is 22.8 Å². The Bertz CT molecular complexity index is 858. The molecule has 7 nitrogen and oxygen atoms in total. The van der Waals surface area contributed by atoms with Crippen molar-refractivity contribution in [2.45, 2.75) is 154 Å². The molecule has 0 aliphatic heterocycles. The molecule has 41 heavy (non-hydrogen) atoms. The van der Waals surface area contributed by atoms with E-state index in [0.717, 1.165) is 18.5 Å². The molecule has 0 rings (SSSR count). The Balaban J connectivity index is 6.01. The molecule has 0 aromatic rings. The average Bonchev–Trinajstić information content (AvgIpc) is 2.73. The minimum Gasteiger partial charge on any atom is -0.460 e. The Morgan fingerprint density at radius 1 is 0.805 bits per heavy atom. The number of hydrogen-bond acceptors (Lipinski definition) is 7. The first-order valence-corrected chi connectivity index (χ1v) is 27.6. The van der Waals surface area contributed by atoms with Crippen LogP contribution in [0, 0.1) is 0 Å². The standard InChI is InChI=1S/C30H66O7Si4/c1-19-26(32)34-24-25(31)23-33-21-20-22-41(18,37-29(6,7)38(10,11)12)28(4,5)27(2,3)35-40(16,17)30(8,9)36-39(13,14)15/h19,25,31H,1,20-24H2,2-18H3. The summed E-state index contributed by atoms with van der Waals surface area (Å²) in [5, 5.41) is 9.29. The number of carbonyl (C=O) groups excluding carboxylic acids is 1. The summed E-state index contributed by atoms with van der Waals surface area (Å²) in [4.78, 5) is 11.3. The van der Waals surface area contributed by atoms with Crippen LogP contribution in [0.1, 0.15) is 61.8 Å². The molecule has 0 aliphatic rings. The molecule has 0 heterocycles. The maximum Gasteiger partial charge on any atom is 0.330 e. The van der Waals surface area contributed by atoms with Crippen LogP contribution >= 0.6 is 0 Å². The molecule has 2 atom stereocenters. The molecule has 0 aromatic carbocycles. The van der Waals surface area contributed by atoms with Crippen LogP contribution in [-0.2, 0) is 27.5 Å². The molecule has 0 saturated heterocycles. The van der Waals surface area contributed by atoms with E-state index in [1.165, 1.54) is 0 Å². The van der Waals surface area contributed by atoms with Crippen molar-refractivity contribution in [2.24, 2.45) is 0 Å². The van der Waals surface area contributed by atoms with Crippen molar-refractivity contribution in [3.05, 3.63) is 12.7 Å². The highest BCUT2D eigenvalue weighted by Gasteiger charge is 2.59. The SMILES string of the molecule is C=CC(=O)OCC(O)COCCC[Si](C)(OC(C)(C)[Si](C)(C)C)C(C)(C)C(C)(C)O[Si](C)(C)C(C)(C)O[Si](C)(C)C. The molecule has 0 aliphatic carbocycles. The second kappa shape index (κ2) is 14.3. The average molecular weight is 651 g/mol. The third-order valence-electron chi connectivity index (χ3n) is 9.47. The largest absolute Gasteiger partial charge is 0.460 e. The highest BCUT2D eigenvalue weighted by molar-refractivity contribution is 6.82. The third-order valence-corrected chi connectivity index (χ3v) is 24.3. The molecule has 0 fully saturated rings. The quantitative estimate of drug-likeness (QED) is 0.0664. The molecule has 0 bridgehead atoms. The lowest BCUT2D eigenvalue weighted by Gasteiger charge is -2.58. The molecular weight excluding hydrogens is 585 g/mol. The minimum absolute atomic E-state index is 0.105. The van der Waals surface area contributed by atoms with E-state index in [2.05, 4.69) is 121 Å². The second-order valence-electron chi connectivity index (χ2n) is 16.2. The molecule has 0 radical (unpaired) electrons. The Kier molecular flexibility index (Phi) is 14.3. The number of rotatable bonds is 19. The molecular formula is C30H66O7Si4. The summed E-state index contributed by atoms with van der Waals surface area (Å²) in [5.74, 6) is -0.554. The summed E-state index contributed by atoms with van der Waals surface area (Å²) in [6.45, 7) is 42.6. The first-order chi connectivity index (χ1) is 18.0. The summed E-state index contributed by atoms with van der Waals surface area (Å²) >= 11 is 0. The van der Waals surface area contributed by atoms with E-state index in [1.807, 2.05) is 0 Å². The van der Waals surface area contributed by atoms with Gasteiger partial charge in [-0.2, -0.15) is 0 Å². The number of aliphatic hydroxyl groups is 1. The van der Waals surface area contributed by atoms with Crippen LogP contribution in [0.4, 0.5) is 0 Å². The Morgan fingerprint density at radius 3 is 1.76 bits per heavy atom. The second-order valence-corrected chi connectivity index (χ2v) is 35.2. The van der Waals surface area contributed by atoms with Gasteiger partial charge in [-0.1, -0.05) is 40.1 Å². The first-order valence-electron chi connectivity index (χ1n) is 15.1. The summed E-state index contributed by atoms with van der Waals surface area (Å²) in [6, 6.07) is 0.888. The summed E-state index contributed by atoms with van der Waals surface area (Å²) < 4.78 is 32.0. The van der Waals surface area contributed by atoms with Gasteiger partial charge < -0.3 is 27.9 Å².